The Hall–Kier alpha value is -0.870. The van der Waals surface area contributed by atoms with E-state index in [1.54, 1.807) is 0 Å². The van der Waals surface area contributed by atoms with Crippen LogP contribution in [0.3, 0.4) is 0 Å². The van der Waals surface area contributed by atoms with Crippen molar-refractivity contribution in [1.29, 1.82) is 0 Å². The van der Waals surface area contributed by atoms with E-state index in [0.29, 0.717) is 13.0 Å². The summed E-state index contributed by atoms with van der Waals surface area (Å²) in [6.07, 6.45) is 0.643. The minimum absolute atomic E-state index is 0.186. The number of ether oxygens (including phenoxy) is 1. The maximum atomic E-state index is 11.9. The summed E-state index contributed by atoms with van der Waals surface area (Å²) >= 11 is 3.40. The molecule has 0 aliphatic heterocycles. The maximum absolute atomic E-state index is 11.9. The third kappa shape index (κ3) is 5.19. The van der Waals surface area contributed by atoms with Crippen LogP contribution in [0.15, 0.2) is 28.7 Å². The number of nitrogens with one attached hydrogen (secondary N) is 1. The van der Waals surface area contributed by atoms with E-state index in [2.05, 4.69) is 21.2 Å². The zero-order valence-electron chi connectivity index (χ0n) is 11.1. The SMILES string of the molecule is CCOC(=O)C(Cc1ccc(Br)cc1)NC(C)C. The zero-order valence-corrected chi connectivity index (χ0v) is 12.7. The quantitative estimate of drug-likeness (QED) is 0.821. The summed E-state index contributed by atoms with van der Waals surface area (Å²) < 4.78 is 6.13. The lowest BCUT2D eigenvalue weighted by molar-refractivity contribution is -0.145. The number of esters is 1. The highest BCUT2D eigenvalue weighted by Crippen LogP contribution is 2.12. The minimum Gasteiger partial charge on any atom is -0.465 e. The number of hydrogen-bond donors (Lipinski definition) is 1. The van der Waals surface area contributed by atoms with Gasteiger partial charge in [-0.05, 0) is 31.0 Å². The van der Waals surface area contributed by atoms with Gasteiger partial charge in [-0.25, -0.2) is 0 Å². The molecule has 0 aliphatic carbocycles. The molecule has 0 spiro atoms. The highest BCUT2D eigenvalue weighted by molar-refractivity contribution is 9.10. The van der Waals surface area contributed by atoms with Gasteiger partial charge in [0.15, 0.2) is 0 Å². The molecule has 1 N–H and O–H groups in total. The molecule has 0 aliphatic rings. The Morgan fingerprint density at radius 2 is 1.94 bits per heavy atom. The van der Waals surface area contributed by atoms with Crippen LogP contribution in [0.4, 0.5) is 0 Å². The summed E-state index contributed by atoms with van der Waals surface area (Å²) in [4.78, 5) is 11.9. The van der Waals surface area contributed by atoms with Gasteiger partial charge in [0.1, 0.15) is 6.04 Å². The fourth-order valence-corrected chi connectivity index (χ4v) is 1.98. The van der Waals surface area contributed by atoms with Crippen molar-refractivity contribution in [2.75, 3.05) is 6.61 Å². The number of carbonyl (C=O) groups is 1. The van der Waals surface area contributed by atoms with Crippen LogP contribution in [0.5, 0.6) is 0 Å². The molecule has 100 valence electrons. The molecule has 0 saturated heterocycles. The normalized spacial score (nSPS) is 12.5. The van der Waals surface area contributed by atoms with Crippen molar-refractivity contribution in [1.82, 2.24) is 5.32 Å². The van der Waals surface area contributed by atoms with Crippen molar-refractivity contribution in [2.45, 2.75) is 39.3 Å². The van der Waals surface area contributed by atoms with Crippen LogP contribution in [-0.2, 0) is 16.0 Å². The molecule has 0 aromatic heterocycles. The Balaban J connectivity index is 2.71. The Morgan fingerprint density at radius 1 is 1.33 bits per heavy atom. The first-order valence-corrected chi connectivity index (χ1v) is 6.99. The summed E-state index contributed by atoms with van der Waals surface area (Å²) in [6.45, 7) is 6.28. The monoisotopic (exact) mass is 313 g/mol. The Kier molecular flexibility index (Phi) is 6.36. The Morgan fingerprint density at radius 3 is 2.44 bits per heavy atom. The molecule has 1 atom stereocenters. The van der Waals surface area contributed by atoms with Crippen LogP contribution in [0.2, 0.25) is 0 Å². The molecule has 1 rings (SSSR count). The molecule has 0 radical (unpaired) electrons. The van der Waals surface area contributed by atoms with Crippen LogP contribution in [0, 0.1) is 0 Å². The van der Waals surface area contributed by atoms with E-state index in [4.69, 9.17) is 4.74 Å². The Bertz CT molecular complexity index is 376. The van der Waals surface area contributed by atoms with E-state index in [0.717, 1.165) is 10.0 Å². The molecule has 18 heavy (non-hydrogen) atoms. The molecule has 0 saturated carbocycles. The van der Waals surface area contributed by atoms with Crippen LogP contribution < -0.4 is 5.32 Å². The molecule has 0 heterocycles. The van der Waals surface area contributed by atoms with E-state index in [1.165, 1.54) is 0 Å². The smallest absolute Gasteiger partial charge is 0.323 e. The third-order valence-corrected chi connectivity index (χ3v) is 2.99. The second-order valence-corrected chi connectivity index (χ2v) is 5.37. The summed E-state index contributed by atoms with van der Waals surface area (Å²) in [7, 11) is 0. The van der Waals surface area contributed by atoms with Crippen LogP contribution in [0.25, 0.3) is 0 Å². The molecule has 4 heteroatoms. The molecule has 0 bridgehead atoms. The van der Waals surface area contributed by atoms with E-state index in [1.807, 2.05) is 45.0 Å². The average molecular weight is 314 g/mol. The van der Waals surface area contributed by atoms with Gasteiger partial charge in [-0.3, -0.25) is 4.79 Å². The number of carbonyl (C=O) groups excluding carboxylic acids is 1. The van der Waals surface area contributed by atoms with Crippen molar-refractivity contribution in [3.8, 4) is 0 Å². The largest absolute Gasteiger partial charge is 0.465 e. The zero-order chi connectivity index (χ0) is 13.5. The molecule has 1 aromatic rings. The molecule has 0 fully saturated rings. The molecule has 1 aromatic carbocycles. The number of benzene rings is 1. The molecular weight excluding hydrogens is 294 g/mol. The van der Waals surface area contributed by atoms with Crippen LogP contribution in [-0.4, -0.2) is 24.7 Å². The van der Waals surface area contributed by atoms with Crippen molar-refractivity contribution in [2.24, 2.45) is 0 Å². The van der Waals surface area contributed by atoms with Gasteiger partial charge < -0.3 is 10.1 Å². The van der Waals surface area contributed by atoms with Crippen molar-refractivity contribution in [3.05, 3.63) is 34.3 Å². The second kappa shape index (κ2) is 7.54. The van der Waals surface area contributed by atoms with Gasteiger partial charge in [-0.2, -0.15) is 0 Å². The first-order chi connectivity index (χ1) is 8.52. The van der Waals surface area contributed by atoms with E-state index >= 15 is 0 Å². The fraction of sp³-hybridized carbons (Fsp3) is 0.500. The minimum atomic E-state index is -0.286. The van der Waals surface area contributed by atoms with Gasteiger partial charge in [-0.15, -0.1) is 0 Å². The summed E-state index contributed by atoms with van der Waals surface area (Å²) in [5.74, 6) is -0.186. The molecule has 3 nitrogen and oxygen atoms in total. The van der Waals surface area contributed by atoms with Crippen LogP contribution >= 0.6 is 15.9 Å². The standard InChI is InChI=1S/C14H20BrNO2/c1-4-18-14(17)13(16-10(2)3)9-11-5-7-12(15)8-6-11/h5-8,10,13,16H,4,9H2,1-3H3. The third-order valence-electron chi connectivity index (χ3n) is 2.46. The van der Waals surface area contributed by atoms with E-state index in [9.17, 15) is 4.79 Å². The predicted octanol–water partition coefficient (Wildman–Crippen LogP) is 2.92. The van der Waals surface area contributed by atoms with Crippen molar-refractivity contribution >= 4 is 21.9 Å². The predicted molar refractivity (Wildman–Crippen MR) is 76.5 cm³/mol. The lowest BCUT2D eigenvalue weighted by Crippen LogP contribution is -2.43. The maximum Gasteiger partial charge on any atom is 0.323 e. The van der Waals surface area contributed by atoms with E-state index < -0.39 is 0 Å². The molecule has 1 unspecified atom stereocenters. The Labute approximate surface area is 117 Å². The average Bonchev–Trinajstić information content (AvgIpc) is 2.31. The van der Waals surface area contributed by atoms with Gasteiger partial charge in [0.2, 0.25) is 0 Å². The summed E-state index contributed by atoms with van der Waals surface area (Å²) in [5, 5.41) is 3.24. The van der Waals surface area contributed by atoms with Gasteiger partial charge in [0, 0.05) is 10.5 Å². The van der Waals surface area contributed by atoms with Crippen molar-refractivity contribution < 1.29 is 9.53 Å². The first kappa shape index (κ1) is 15.2. The topological polar surface area (TPSA) is 38.3 Å². The van der Waals surface area contributed by atoms with Gasteiger partial charge in [0.25, 0.3) is 0 Å². The second-order valence-electron chi connectivity index (χ2n) is 4.46. The summed E-state index contributed by atoms with van der Waals surface area (Å²) in [5.41, 5.74) is 1.12. The number of rotatable bonds is 6. The lowest BCUT2D eigenvalue weighted by Gasteiger charge is -2.19. The van der Waals surface area contributed by atoms with Gasteiger partial charge in [0.05, 0.1) is 6.61 Å². The number of hydrogen-bond acceptors (Lipinski definition) is 3. The van der Waals surface area contributed by atoms with E-state index in [-0.39, 0.29) is 18.1 Å². The molecular formula is C14H20BrNO2. The molecule has 0 amide bonds. The van der Waals surface area contributed by atoms with Crippen LogP contribution in [0.1, 0.15) is 26.3 Å². The summed E-state index contributed by atoms with van der Waals surface area (Å²) in [6, 6.07) is 7.94. The van der Waals surface area contributed by atoms with Crippen molar-refractivity contribution in [3.63, 3.8) is 0 Å². The highest BCUT2D eigenvalue weighted by Gasteiger charge is 2.20. The highest BCUT2D eigenvalue weighted by atomic mass is 79.9. The van der Waals surface area contributed by atoms with Gasteiger partial charge >= 0.3 is 5.97 Å². The first-order valence-electron chi connectivity index (χ1n) is 6.20. The fourth-order valence-electron chi connectivity index (χ4n) is 1.71. The van der Waals surface area contributed by atoms with Gasteiger partial charge in [-0.1, -0.05) is 41.9 Å². The number of halogens is 1. The lowest BCUT2D eigenvalue weighted by atomic mass is 10.1.